The van der Waals surface area contributed by atoms with Gasteiger partial charge in [0.25, 0.3) is 5.91 Å². The quantitative estimate of drug-likeness (QED) is 0.561. The minimum absolute atomic E-state index is 0.0185. The van der Waals surface area contributed by atoms with Gasteiger partial charge in [-0.2, -0.15) is 11.8 Å². The van der Waals surface area contributed by atoms with Gasteiger partial charge in [-0.3, -0.25) is 9.10 Å². The Morgan fingerprint density at radius 3 is 2.43 bits per heavy atom. The third-order valence-corrected chi connectivity index (χ3v) is 7.45. The van der Waals surface area contributed by atoms with Crippen LogP contribution in [-0.4, -0.2) is 39.4 Å². The van der Waals surface area contributed by atoms with Crippen LogP contribution in [0.3, 0.4) is 0 Å². The molecule has 2 aromatic carbocycles. The molecule has 1 N–H and O–H groups in total. The number of rotatable bonds is 9. The van der Waals surface area contributed by atoms with Gasteiger partial charge < -0.3 is 5.32 Å². The summed E-state index contributed by atoms with van der Waals surface area (Å²) in [5.41, 5.74) is 2.01. The standard InChI is InChI=1S/C19H22Cl2N2O3S2/c1-3-28(25,26)23(2)17-8-5-14(6-9-17)19(24)22-10-11-27-13-15-4-7-16(20)12-18(15)21/h4-9,12H,3,10-11,13H2,1-2H3,(H,22,24). The zero-order chi connectivity index (χ0) is 20.7. The Kier molecular flexibility index (Phi) is 8.49. The van der Waals surface area contributed by atoms with Crippen LogP contribution in [0.4, 0.5) is 5.69 Å². The van der Waals surface area contributed by atoms with E-state index in [1.54, 1.807) is 55.1 Å². The van der Waals surface area contributed by atoms with E-state index in [-0.39, 0.29) is 11.7 Å². The van der Waals surface area contributed by atoms with Gasteiger partial charge in [0, 0.05) is 40.7 Å². The number of halogens is 2. The maximum absolute atomic E-state index is 12.2. The summed E-state index contributed by atoms with van der Waals surface area (Å²) in [5.74, 6) is 1.29. The fourth-order valence-electron chi connectivity index (χ4n) is 2.34. The normalized spacial score (nSPS) is 11.3. The maximum atomic E-state index is 12.2. The van der Waals surface area contributed by atoms with Crippen LogP contribution in [0.25, 0.3) is 0 Å². The summed E-state index contributed by atoms with van der Waals surface area (Å²) >= 11 is 13.7. The van der Waals surface area contributed by atoms with Gasteiger partial charge in [0.15, 0.2) is 0 Å². The zero-order valence-corrected chi connectivity index (χ0v) is 18.8. The first-order valence-corrected chi connectivity index (χ1v) is 12.1. The first-order chi connectivity index (χ1) is 13.2. The van der Waals surface area contributed by atoms with Crippen molar-refractivity contribution >= 4 is 56.6 Å². The third kappa shape index (κ3) is 6.30. The lowest BCUT2D eigenvalue weighted by Gasteiger charge is -2.18. The molecule has 0 saturated carbocycles. The highest BCUT2D eigenvalue weighted by molar-refractivity contribution is 7.98. The van der Waals surface area contributed by atoms with Gasteiger partial charge in [-0.15, -0.1) is 0 Å². The molecule has 0 fully saturated rings. The molecule has 0 atom stereocenters. The maximum Gasteiger partial charge on any atom is 0.251 e. The Labute approximate surface area is 180 Å². The van der Waals surface area contributed by atoms with Crippen LogP contribution in [0.15, 0.2) is 42.5 Å². The summed E-state index contributed by atoms with van der Waals surface area (Å²) < 4.78 is 25.0. The molecular weight excluding hydrogens is 439 g/mol. The molecule has 0 aliphatic carbocycles. The molecule has 0 aliphatic rings. The Morgan fingerprint density at radius 2 is 1.82 bits per heavy atom. The van der Waals surface area contributed by atoms with Gasteiger partial charge >= 0.3 is 0 Å². The van der Waals surface area contributed by atoms with Crippen molar-refractivity contribution in [2.75, 3.05) is 29.4 Å². The average Bonchev–Trinajstić information content (AvgIpc) is 2.68. The molecule has 0 saturated heterocycles. The number of hydrogen-bond acceptors (Lipinski definition) is 4. The number of carbonyl (C=O) groups excluding carboxylic acids is 1. The molecule has 2 aromatic rings. The van der Waals surface area contributed by atoms with Crippen LogP contribution < -0.4 is 9.62 Å². The van der Waals surface area contributed by atoms with E-state index in [9.17, 15) is 13.2 Å². The smallest absolute Gasteiger partial charge is 0.251 e. The number of sulfonamides is 1. The van der Waals surface area contributed by atoms with Gasteiger partial charge in [-0.25, -0.2) is 8.42 Å². The lowest BCUT2D eigenvalue weighted by Crippen LogP contribution is -2.28. The molecule has 28 heavy (non-hydrogen) atoms. The summed E-state index contributed by atoms with van der Waals surface area (Å²) in [7, 11) is -1.82. The van der Waals surface area contributed by atoms with Crippen molar-refractivity contribution in [2.45, 2.75) is 12.7 Å². The summed E-state index contributed by atoms with van der Waals surface area (Å²) in [5, 5.41) is 4.10. The summed E-state index contributed by atoms with van der Waals surface area (Å²) in [6.45, 7) is 2.10. The lowest BCUT2D eigenvalue weighted by atomic mass is 10.2. The predicted octanol–water partition coefficient (Wildman–Crippen LogP) is 4.44. The minimum atomic E-state index is -3.32. The number of anilines is 1. The Morgan fingerprint density at radius 1 is 1.14 bits per heavy atom. The molecule has 0 bridgehead atoms. The number of amides is 1. The fourth-order valence-corrected chi connectivity index (χ4v) is 4.58. The SMILES string of the molecule is CCS(=O)(=O)N(C)c1ccc(C(=O)NCCSCc2ccc(Cl)cc2Cl)cc1. The molecule has 152 valence electrons. The van der Waals surface area contributed by atoms with Crippen LogP contribution in [0.2, 0.25) is 10.0 Å². The highest BCUT2D eigenvalue weighted by Gasteiger charge is 2.16. The average molecular weight is 461 g/mol. The van der Waals surface area contributed by atoms with Crippen molar-refractivity contribution in [3.8, 4) is 0 Å². The van der Waals surface area contributed by atoms with E-state index in [1.165, 1.54) is 11.4 Å². The van der Waals surface area contributed by atoms with Crippen molar-refractivity contribution in [3.05, 3.63) is 63.6 Å². The van der Waals surface area contributed by atoms with Gasteiger partial charge in [0.1, 0.15) is 0 Å². The van der Waals surface area contributed by atoms with Crippen molar-refractivity contribution in [3.63, 3.8) is 0 Å². The Hall–Kier alpha value is -1.41. The first-order valence-electron chi connectivity index (χ1n) is 8.61. The van der Waals surface area contributed by atoms with Crippen molar-refractivity contribution in [1.29, 1.82) is 0 Å². The molecule has 0 unspecified atom stereocenters. The molecule has 0 aromatic heterocycles. The number of benzene rings is 2. The lowest BCUT2D eigenvalue weighted by molar-refractivity contribution is 0.0956. The van der Waals surface area contributed by atoms with Crippen molar-refractivity contribution < 1.29 is 13.2 Å². The number of nitrogens with one attached hydrogen (secondary N) is 1. The Bertz CT molecular complexity index is 919. The van der Waals surface area contributed by atoms with E-state index in [4.69, 9.17) is 23.2 Å². The molecule has 9 heteroatoms. The summed E-state index contributed by atoms with van der Waals surface area (Å²) in [6, 6.07) is 11.9. The second-order valence-corrected chi connectivity index (χ2v) is 10.2. The van der Waals surface area contributed by atoms with E-state index in [0.29, 0.717) is 27.8 Å². The molecule has 0 aliphatic heterocycles. The van der Waals surface area contributed by atoms with Gasteiger partial charge in [0.05, 0.1) is 11.4 Å². The molecule has 1 amide bonds. The van der Waals surface area contributed by atoms with Crippen molar-refractivity contribution in [2.24, 2.45) is 0 Å². The zero-order valence-electron chi connectivity index (χ0n) is 15.6. The number of carbonyl (C=O) groups is 1. The molecule has 0 radical (unpaired) electrons. The molecular formula is C19H22Cl2N2O3S2. The monoisotopic (exact) mass is 460 g/mol. The predicted molar refractivity (Wildman–Crippen MR) is 119 cm³/mol. The van der Waals surface area contributed by atoms with Gasteiger partial charge in [0.2, 0.25) is 10.0 Å². The molecule has 2 rings (SSSR count). The number of hydrogen-bond donors (Lipinski definition) is 1. The highest BCUT2D eigenvalue weighted by atomic mass is 35.5. The largest absolute Gasteiger partial charge is 0.351 e. The second-order valence-electron chi connectivity index (χ2n) is 5.96. The third-order valence-electron chi connectivity index (χ3n) is 4.08. The van der Waals surface area contributed by atoms with Crippen LogP contribution >= 0.6 is 35.0 Å². The highest BCUT2D eigenvalue weighted by Crippen LogP contribution is 2.24. The fraction of sp³-hybridized carbons (Fsp3) is 0.316. The number of nitrogens with zero attached hydrogens (tertiary/aromatic N) is 1. The van der Waals surface area contributed by atoms with E-state index < -0.39 is 10.0 Å². The van der Waals surface area contributed by atoms with Crippen LogP contribution in [0.5, 0.6) is 0 Å². The van der Waals surface area contributed by atoms with E-state index in [2.05, 4.69) is 5.32 Å². The molecule has 0 spiro atoms. The van der Waals surface area contributed by atoms with Gasteiger partial charge in [-0.05, 0) is 48.9 Å². The molecule has 5 nitrogen and oxygen atoms in total. The van der Waals surface area contributed by atoms with E-state index in [1.807, 2.05) is 6.07 Å². The minimum Gasteiger partial charge on any atom is -0.351 e. The first kappa shape index (κ1) is 22.9. The van der Waals surface area contributed by atoms with Crippen LogP contribution in [0.1, 0.15) is 22.8 Å². The van der Waals surface area contributed by atoms with Gasteiger partial charge in [-0.1, -0.05) is 29.3 Å². The van der Waals surface area contributed by atoms with Crippen LogP contribution in [0, 0.1) is 0 Å². The van der Waals surface area contributed by atoms with Crippen LogP contribution in [-0.2, 0) is 15.8 Å². The van der Waals surface area contributed by atoms with E-state index in [0.717, 1.165) is 17.1 Å². The van der Waals surface area contributed by atoms with Crippen molar-refractivity contribution in [1.82, 2.24) is 5.32 Å². The summed E-state index contributed by atoms with van der Waals surface area (Å²) in [6.07, 6.45) is 0. The van der Waals surface area contributed by atoms with E-state index >= 15 is 0 Å². The Balaban J connectivity index is 1.80. The summed E-state index contributed by atoms with van der Waals surface area (Å²) in [4.78, 5) is 12.2. The number of thioether (sulfide) groups is 1. The molecule has 0 heterocycles. The second kappa shape index (κ2) is 10.4. The topological polar surface area (TPSA) is 66.5 Å².